The third-order valence-electron chi connectivity index (χ3n) is 5.83. The number of carbonyl (C=O) groups is 2. The predicted octanol–water partition coefficient (Wildman–Crippen LogP) is 5.23. The fraction of sp³-hybridized carbons (Fsp3) is 0.360. The van der Waals surface area contributed by atoms with Crippen LogP contribution in [0.5, 0.6) is 11.5 Å². The minimum atomic E-state index is -0.605. The second-order valence-electron chi connectivity index (χ2n) is 8.16. The molecule has 6 heteroatoms. The number of benzene rings is 2. The summed E-state index contributed by atoms with van der Waals surface area (Å²) in [5, 5.41) is 5.56. The van der Waals surface area contributed by atoms with Crippen molar-refractivity contribution in [2.24, 2.45) is 5.92 Å². The van der Waals surface area contributed by atoms with E-state index in [1.807, 2.05) is 54.6 Å². The molecule has 162 valence electrons. The molecule has 1 aliphatic carbocycles. The fourth-order valence-electron chi connectivity index (χ4n) is 4.22. The van der Waals surface area contributed by atoms with Crippen LogP contribution in [0.3, 0.4) is 0 Å². The Kier molecular flexibility index (Phi) is 6.55. The Bertz CT molecular complexity index is 964. The molecule has 1 fully saturated rings. The van der Waals surface area contributed by atoms with Crippen LogP contribution in [-0.4, -0.2) is 18.6 Å². The molecule has 0 saturated heterocycles. The van der Waals surface area contributed by atoms with Gasteiger partial charge >= 0.3 is 12.0 Å². The van der Waals surface area contributed by atoms with Gasteiger partial charge in [0.25, 0.3) is 0 Å². The molecule has 1 saturated carbocycles. The van der Waals surface area contributed by atoms with E-state index in [2.05, 4.69) is 10.6 Å². The van der Waals surface area contributed by atoms with Gasteiger partial charge in [0.15, 0.2) is 0 Å². The van der Waals surface area contributed by atoms with Gasteiger partial charge in [-0.25, -0.2) is 9.59 Å². The van der Waals surface area contributed by atoms with E-state index >= 15 is 0 Å². The molecule has 1 aliphatic heterocycles. The van der Waals surface area contributed by atoms with Crippen LogP contribution >= 0.6 is 0 Å². The summed E-state index contributed by atoms with van der Waals surface area (Å²) in [5.74, 6) is 1.37. The molecular formula is C25H28N2O4. The molecule has 4 rings (SSSR count). The molecule has 0 spiro atoms. The van der Waals surface area contributed by atoms with Crippen molar-refractivity contribution in [1.82, 2.24) is 10.6 Å². The van der Waals surface area contributed by atoms with E-state index in [4.69, 9.17) is 9.47 Å². The summed E-state index contributed by atoms with van der Waals surface area (Å²) in [6.07, 6.45) is 5.84. The Hall–Kier alpha value is -3.28. The SMILES string of the molecule is CC1=C(C(=O)OCC2CCCCC2)C(c2cccc(Oc3ccccc3)c2)NC(=O)N1. The van der Waals surface area contributed by atoms with Crippen molar-refractivity contribution in [2.45, 2.75) is 45.1 Å². The summed E-state index contributed by atoms with van der Waals surface area (Å²) in [7, 11) is 0. The summed E-state index contributed by atoms with van der Waals surface area (Å²) >= 11 is 0. The first-order valence-electron chi connectivity index (χ1n) is 10.9. The van der Waals surface area contributed by atoms with Gasteiger partial charge in [-0.15, -0.1) is 0 Å². The molecule has 0 bridgehead atoms. The third-order valence-corrected chi connectivity index (χ3v) is 5.83. The van der Waals surface area contributed by atoms with Crippen LogP contribution in [0.25, 0.3) is 0 Å². The van der Waals surface area contributed by atoms with E-state index in [-0.39, 0.29) is 6.03 Å². The van der Waals surface area contributed by atoms with Gasteiger partial charge in [-0.3, -0.25) is 0 Å². The highest BCUT2D eigenvalue weighted by atomic mass is 16.5. The van der Waals surface area contributed by atoms with E-state index in [9.17, 15) is 9.59 Å². The number of ether oxygens (including phenoxy) is 2. The van der Waals surface area contributed by atoms with Gasteiger partial charge in [0.05, 0.1) is 18.2 Å². The van der Waals surface area contributed by atoms with Crippen molar-refractivity contribution in [2.75, 3.05) is 6.61 Å². The first-order valence-corrected chi connectivity index (χ1v) is 10.9. The fourth-order valence-corrected chi connectivity index (χ4v) is 4.22. The van der Waals surface area contributed by atoms with Crippen LogP contribution in [0.2, 0.25) is 0 Å². The van der Waals surface area contributed by atoms with E-state index in [0.717, 1.165) is 18.4 Å². The molecule has 2 aliphatic rings. The van der Waals surface area contributed by atoms with Gasteiger partial charge in [-0.2, -0.15) is 0 Å². The lowest BCUT2D eigenvalue weighted by Crippen LogP contribution is -2.45. The Morgan fingerprint density at radius 3 is 2.52 bits per heavy atom. The third kappa shape index (κ3) is 5.26. The molecule has 2 amide bonds. The van der Waals surface area contributed by atoms with Crippen molar-refractivity contribution >= 4 is 12.0 Å². The smallest absolute Gasteiger partial charge is 0.338 e. The zero-order chi connectivity index (χ0) is 21.6. The molecule has 31 heavy (non-hydrogen) atoms. The number of urea groups is 1. The molecule has 0 radical (unpaired) electrons. The Balaban J connectivity index is 1.53. The van der Waals surface area contributed by atoms with Crippen LogP contribution in [0.1, 0.15) is 50.6 Å². The molecule has 1 heterocycles. The Morgan fingerprint density at radius 2 is 1.74 bits per heavy atom. The lowest BCUT2D eigenvalue weighted by atomic mass is 9.90. The zero-order valence-corrected chi connectivity index (χ0v) is 17.7. The molecule has 2 aromatic carbocycles. The molecule has 2 N–H and O–H groups in total. The quantitative estimate of drug-likeness (QED) is 0.628. The van der Waals surface area contributed by atoms with Crippen molar-refractivity contribution < 1.29 is 19.1 Å². The highest BCUT2D eigenvalue weighted by molar-refractivity contribution is 5.95. The number of para-hydroxylation sites is 1. The van der Waals surface area contributed by atoms with Crippen LogP contribution in [0.15, 0.2) is 65.9 Å². The van der Waals surface area contributed by atoms with Gasteiger partial charge < -0.3 is 20.1 Å². The van der Waals surface area contributed by atoms with Gasteiger partial charge in [0.1, 0.15) is 11.5 Å². The molecule has 2 aromatic rings. The number of hydrogen-bond donors (Lipinski definition) is 2. The van der Waals surface area contributed by atoms with Gasteiger partial charge in [0, 0.05) is 5.70 Å². The normalized spacial score (nSPS) is 19.4. The van der Waals surface area contributed by atoms with E-state index in [0.29, 0.717) is 35.3 Å². The number of amides is 2. The number of carbonyl (C=O) groups excluding carboxylic acids is 2. The largest absolute Gasteiger partial charge is 0.462 e. The molecule has 1 unspecified atom stereocenters. The maximum absolute atomic E-state index is 13.0. The van der Waals surface area contributed by atoms with Crippen molar-refractivity contribution in [3.8, 4) is 11.5 Å². The summed E-state index contributed by atoms with van der Waals surface area (Å²) in [4.78, 5) is 25.2. The minimum Gasteiger partial charge on any atom is -0.462 e. The van der Waals surface area contributed by atoms with Gasteiger partial charge in [0.2, 0.25) is 0 Å². The number of esters is 1. The monoisotopic (exact) mass is 420 g/mol. The minimum absolute atomic E-state index is 0.347. The average Bonchev–Trinajstić information content (AvgIpc) is 2.78. The summed E-state index contributed by atoms with van der Waals surface area (Å²) in [5.41, 5.74) is 1.69. The second-order valence-corrected chi connectivity index (χ2v) is 8.16. The number of nitrogens with one attached hydrogen (secondary N) is 2. The van der Waals surface area contributed by atoms with Crippen molar-refractivity contribution in [3.63, 3.8) is 0 Å². The second kappa shape index (κ2) is 9.69. The Labute approximate surface area is 182 Å². The topological polar surface area (TPSA) is 76.7 Å². The van der Waals surface area contributed by atoms with Crippen LogP contribution in [0, 0.1) is 5.92 Å². The first kappa shape index (κ1) is 21.0. The molecular weight excluding hydrogens is 392 g/mol. The number of rotatable bonds is 6. The maximum Gasteiger partial charge on any atom is 0.338 e. The zero-order valence-electron chi connectivity index (χ0n) is 17.7. The van der Waals surface area contributed by atoms with Crippen LogP contribution < -0.4 is 15.4 Å². The summed E-state index contributed by atoms with van der Waals surface area (Å²) in [6, 6.07) is 15.9. The first-order chi connectivity index (χ1) is 15.1. The predicted molar refractivity (Wildman–Crippen MR) is 118 cm³/mol. The number of allylic oxidation sites excluding steroid dienone is 1. The van der Waals surface area contributed by atoms with Crippen LogP contribution in [-0.2, 0) is 9.53 Å². The van der Waals surface area contributed by atoms with E-state index in [1.165, 1.54) is 19.3 Å². The van der Waals surface area contributed by atoms with E-state index in [1.54, 1.807) is 6.92 Å². The van der Waals surface area contributed by atoms with Crippen molar-refractivity contribution in [1.29, 1.82) is 0 Å². The standard InChI is InChI=1S/C25H28N2O4/c1-17-22(24(28)30-16-18-9-4-2-5-10-18)23(27-25(29)26-17)19-11-8-14-21(15-19)31-20-12-6-3-7-13-20/h3,6-8,11-15,18,23H,2,4-5,9-10,16H2,1H3,(H2,26,27,29). The lowest BCUT2D eigenvalue weighted by molar-refractivity contribution is -0.141. The lowest BCUT2D eigenvalue weighted by Gasteiger charge is -2.29. The summed E-state index contributed by atoms with van der Waals surface area (Å²) in [6.45, 7) is 2.15. The maximum atomic E-state index is 13.0. The molecule has 0 aromatic heterocycles. The van der Waals surface area contributed by atoms with Crippen molar-refractivity contribution in [3.05, 3.63) is 71.4 Å². The molecule has 1 atom stereocenters. The van der Waals surface area contributed by atoms with Gasteiger partial charge in [-0.1, -0.05) is 49.6 Å². The number of hydrogen-bond acceptors (Lipinski definition) is 4. The summed E-state index contributed by atoms with van der Waals surface area (Å²) < 4.78 is 11.6. The van der Waals surface area contributed by atoms with E-state index < -0.39 is 12.0 Å². The highest BCUT2D eigenvalue weighted by Gasteiger charge is 2.33. The Morgan fingerprint density at radius 1 is 1.00 bits per heavy atom. The highest BCUT2D eigenvalue weighted by Crippen LogP contribution is 2.32. The molecule has 6 nitrogen and oxygen atoms in total. The van der Waals surface area contributed by atoms with Crippen LogP contribution in [0.4, 0.5) is 4.79 Å². The average molecular weight is 421 g/mol. The van der Waals surface area contributed by atoms with Gasteiger partial charge in [-0.05, 0) is 55.5 Å².